The van der Waals surface area contributed by atoms with E-state index in [-0.39, 0.29) is 17.5 Å². The number of carbonyl (C=O) groups is 1. The van der Waals surface area contributed by atoms with Gasteiger partial charge in [0.1, 0.15) is 0 Å². The summed E-state index contributed by atoms with van der Waals surface area (Å²) in [6.07, 6.45) is -0.428. The van der Waals surface area contributed by atoms with Crippen LogP contribution in [0.2, 0.25) is 5.02 Å². The normalized spacial score (nSPS) is 21.0. The zero-order chi connectivity index (χ0) is 15.5. The molecule has 1 aromatic carbocycles. The third-order valence-corrected chi connectivity index (χ3v) is 3.95. The Kier molecular flexibility index (Phi) is 4.42. The number of β-amino-alcohol motifs (C(OH)–C–C–N with tert-alkyl or cyclic N) is 1. The molecule has 1 saturated heterocycles. The molecule has 116 valence electrons. The molecule has 2 heterocycles. The minimum Gasteiger partial charge on any atom is -0.391 e. The number of amides is 1. The zero-order valence-corrected chi connectivity index (χ0v) is 12.5. The number of carbonyl (C=O) groups excluding carboxylic acids is 1. The number of aliphatic hydroxyl groups is 1. The van der Waals surface area contributed by atoms with E-state index in [2.05, 4.69) is 15.8 Å². The number of hydrogen-bond acceptors (Lipinski definition) is 5. The highest BCUT2D eigenvalue weighted by molar-refractivity contribution is 6.30. The van der Waals surface area contributed by atoms with Crippen LogP contribution in [0.3, 0.4) is 0 Å². The Morgan fingerprint density at radius 2 is 2.18 bits per heavy atom. The molecule has 1 amide bonds. The molecule has 1 aliphatic rings. The molecule has 22 heavy (non-hydrogen) atoms. The minimum absolute atomic E-state index is 0.0200. The Labute approximate surface area is 132 Å². The summed E-state index contributed by atoms with van der Waals surface area (Å²) in [4.78, 5) is 12.1. The third kappa shape index (κ3) is 3.30. The van der Waals surface area contributed by atoms with Gasteiger partial charge in [0.05, 0.1) is 6.10 Å². The largest absolute Gasteiger partial charge is 0.391 e. The molecule has 0 spiro atoms. The van der Waals surface area contributed by atoms with Crippen LogP contribution in [0.5, 0.6) is 0 Å². The van der Waals surface area contributed by atoms with Crippen molar-refractivity contribution >= 4 is 17.5 Å². The van der Waals surface area contributed by atoms with Crippen LogP contribution in [0.25, 0.3) is 11.3 Å². The molecule has 0 radical (unpaired) electrons. The molecule has 0 bridgehead atoms. The van der Waals surface area contributed by atoms with Gasteiger partial charge in [-0.25, -0.2) is 0 Å². The second-order valence-corrected chi connectivity index (χ2v) is 5.72. The predicted molar refractivity (Wildman–Crippen MR) is 81.6 cm³/mol. The van der Waals surface area contributed by atoms with Gasteiger partial charge in [-0.2, -0.15) is 0 Å². The van der Waals surface area contributed by atoms with Gasteiger partial charge in [-0.3, -0.25) is 4.79 Å². The molecule has 2 unspecified atom stereocenters. The van der Waals surface area contributed by atoms with E-state index in [1.165, 1.54) is 0 Å². The molecular formula is C15H16ClN3O3. The number of benzene rings is 1. The van der Waals surface area contributed by atoms with Crippen molar-refractivity contribution < 1.29 is 14.4 Å². The smallest absolute Gasteiger partial charge is 0.273 e. The monoisotopic (exact) mass is 321 g/mol. The molecule has 7 heteroatoms. The summed E-state index contributed by atoms with van der Waals surface area (Å²) in [5.41, 5.74) is 1.01. The lowest BCUT2D eigenvalue weighted by Gasteiger charge is -2.13. The fourth-order valence-electron chi connectivity index (χ4n) is 2.37. The lowest BCUT2D eigenvalue weighted by atomic mass is 10.1. The van der Waals surface area contributed by atoms with Gasteiger partial charge in [0, 0.05) is 42.2 Å². The Bertz CT molecular complexity index is 656. The number of aliphatic hydroxyl groups excluding tert-OH is 1. The van der Waals surface area contributed by atoms with Crippen LogP contribution in [0, 0.1) is 5.92 Å². The molecule has 1 fully saturated rings. The van der Waals surface area contributed by atoms with Gasteiger partial charge in [0.2, 0.25) is 0 Å². The molecule has 3 N–H and O–H groups in total. The molecule has 3 rings (SSSR count). The first-order valence-electron chi connectivity index (χ1n) is 7.03. The first kappa shape index (κ1) is 15.0. The molecule has 2 atom stereocenters. The lowest BCUT2D eigenvalue weighted by Crippen LogP contribution is -2.34. The maximum Gasteiger partial charge on any atom is 0.273 e. The van der Waals surface area contributed by atoms with Gasteiger partial charge in [0.25, 0.3) is 5.91 Å². The first-order valence-corrected chi connectivity index (χ1v) is 7.41. The number of halogens is 1. The van der Waals surface area contributed by atoms with Gasteiger partial charge < -0.3 is 20.3 Å². The van der Waals surface area contributed by atoms with E-state index >= 15 is 0 Å². The van der Waals surface area contributed by atoms with Crippen LogP contribution in [0.1, 0.15) is 10.5 Å². The van der Waals surface area contributed by atoms with Gasteiger partial charge in [0.15, 0.2) is 11.5 Å². The number of rotatable bonds is 4. The van der Waals surface area contributed by atoms with Crippen molar-refractivity contribution in [2.75, 3.05) is 19.6 Å². The molecule has 1 aliphatic heterocycles. The van der Waals surface area contributed by atoms with Crippen molar-refractivity contribution in [3.63, 3.8) is 0 Å². The number of aromatic nitrogens is 1. The first-order chi connectivity index (χ1) is 10.6. The minimum atomic E-state index is -0.428. The van der Waals surface area contributed by atoms with Crippen LogP contribution in [-0.4, -0.2) is 41.9 Å². The summed E-state index contributed by atoms with van der Waals surface area (Å²) in [6, 6.07) is 8.67. The Morgan fingerprint density at radius 1 is 1.41 bits per heavy atom. The highest BCUT2D eigenvalue weighted by Crippen LogP contribution is 2.22. The predicted octanol–water partition coefficient (Wildman–Crippen LogP) is 1.31. The van der Waals surface area contributed by atoms with E-state index in [0.717, 1.165) is 5.56 Å². The highest BCUT2D eigenvalue weighted by Gasteiger charge is 2.25. The van der Waals surface area contributed by atoms with Crippen molar-refractivity contribution in [2.24, 2.45) is 5.92 Å². The SMILES string of the molecule is O=C(NCC1CNCC1O)c1cc(-c2ccc(Cl)cc2)on1. The van der Waals surface area contributed by atoms with E-state index in [4.69, 9.17) is 16.1 Å². The van der Waals surface area contributed by atoms with Crippen LogP contribution in [-0.2, 0) is 0 Å². The fraction of sp³-hybridized carbons (Fsp3) is 0.333. The van der Waals surface area contributed by atoms with Crippen molar-refractivity contribution in [1.82, 2.24) is 15.8 Å². The summed E-state index contributed by atoms with van der Waals surface area (Å²) in [5, 5.41) is 19.9. The van der Waals surface area contributed by atoms with E-state index in [1.807, 2.05) is 0 Å². The van der Waals surface area contributed by atoms with Crippen LogP contribution >= 0.6 is 11.6 Å². The van der Waals surface area contributed by atoms with Gasteiger partial charge in [-0.15, -0.1) is 0 Å². The van der Waals surface area contributed by atoms with Gasteiger partial charge in [-0.05, 0) is 24.3 Å². The summed E-state index contributed by atoms with van der Waals surface area (Å²) < 4.78 is 5.19. The Balaban J connectivity index is 1.63. The van der Waals surface area contributed by atoms with E-state index in [1.54, 1.807) is 30.3 Å². The van der Waals surface area contributed by atoms with Crippen LogP contribution in [0.4, 0.5) is 0 Å². The Morgan fingerprint density at radius 3 is 2.86 bits per heavy atom. The van der Waals surface area contributed by atoms with Gasteiger partial charge in [-0.1, -0.05) is 16.8 Å². The lowest BCUT2D eigenvalue weighted by molar-refractivity contribution is 0.0918. The molecular weight excluding hydrogens is 306 g/mol. The summed E-state index contributed by atoms with van der Waals surface area (Å²) >= 11 is 5.83. The second-order valence-electron chi connectivity index (χ2n) is 5.28. The fourth-order valence-corrected chi connectivity index (χ4v) is 2.50. The van der Waals surface area contributed by atoms with Crippen molar-refractivity contribution in [3.8, 4) is 11.3 Å². The number of nitrogens with zero attached hydrogens (tertiary/aromatic N) is 1. The standard InChI is InChI=1S/C15H16ClN3O3/c16-11-3-1-9(2-4-11)14-5-12(19-22-14)15(21)18-7-10-6-17-8-13(10)20/h1-5,10,13,17,20H,6-8H2,(H,18,21). The average Bonchev–Trinajstić information content (AvgIpc) is 3.15. The topological polar surface area (TPSA) is 87.4 Å². The average molecular weight is 322 g/mol. The summed E-state index contributed by atoms with van der Waals surface area (Å²) in [5.74, 6) is 0.207. The van der Waals surface area contributed by atoms with E-state index in [0.29, 0.717) is 30.4 Å². The molecule has 6 nitrogen and oxygen atoms in total. The molecule has 0 aliphatic carbocycles. The maximum absolute atomic E-state index is 12.1. The van der Waals surface area contributed by atoms with Crippen LogP contribution in [0.15, 0.2) is 34.9 Å². The number of nitrogens with one attached hydrogen (secondary N) is 2. The van der Waals surface area contributed by atoms with E-state index < -0.39 is 6.10 Å². The quantitative estimate of drug-likeness (QED) is 0.790. The van der Waals surface area contributed by atoms with Crippen molar-refractivity contribution in [2.45, 2.75) is 6.10 Å². The van der Waals surface area contributed by atoms with Crippen molar-refractivity contribution in [3.05, 3.63) is 41.0 Å². The van der Waals surface area contributed by atoms with Crippen LogP contribution < -0.4 is 10.6 Å². The second kappa shape index (κ2) is 6.48. The van der Waals surface area contributed by atoms with Gasteiger partial charge >= 0.3 is 0 Å². The third-order valence-electron chi connectivity index (χ3n) is 3.70. The molecule has 0 saturated carbocycles. The number of hydrogen-bond donors (Lipinski definition) is 3. The maximum atomic E-state index is 12.1. The summed E-state index contributed by atoms with van der Waals surface area (Å²) in [6.45, 7) is 1.65. The molecule has 1 aromatic heterocycles. The molecule has 2 aromatic rings. The highest BCUT2D eigenvalue weighted by atomic mass is 35.5. The van der Waals surface area contributed by atoms with E-state index in [9.17, 15) is 9.90 Å². The summed E-state index contributed by atoms with van der Waals surface area (Å²) in [7, 11) is 0. The van der Waals surface area contributed by atoms with Crippen molar-refractivity contribution in [1.29, 1.82) is 0 Å². The zero-order valence-electron chi connectivity index (χ0n) is 11.8. The Hall–Kier alpha value is -1.89.